The molecule has 1 saturated carbocycles. The van der Waals surface area contributed by atoms with E-state index < -0.39 is 16.1 Å². The smallest absolute Gasteiger partial charge is 0.324 e. The fourth-order valence-electron chi connectivity index (χ4n) is 4.68. The Kier molecular flexibility index (Phi) is 9.04. The average molecular weight is 531 g/mol. The zero-order valence-corrected chi connectivity index (χ0v) is 22.7. The molecule has 0 radical (unpaired) electrons. The lowest BCUT2D eigenvalue weighted by atomic mass is 9.85. The summed E-state index contributed by atoms with van der Waals surface area (Å²) >= 11 is 0. The van der Waals surface area contributed by atoms with Crippen LogP contribution in [0, 0.1) is 5.92 Å². The molecule has 1 N–H and O–H groups in total. The fourth-order valence-corrected chi connectivity index (χ4v) is 5.12. The number of methoxy groups -OCH3 is 1. The van der Waals surface area contributed by atoms with Gasteiger partial charge in [-0.1, -0.05) is 30.3 Å². The normalized spacial score (nSPS) is 19.9. The highest BCUT2D eigenvalue weighted by molar-refractivity contribution is 7.92. The second-order valence-electron chi connectivity index (χ2n) is 10.0. The van der Waals surface area contributed by atoms with E-state index in [0.29, 0.717) is 36.3 Å². The lowest BCUT2D eigenvalue weighted by Crippen LogP contribution is -2.46. The minimum Gasteiger partial charge on any atom is -0.460 e. The summed E-state index contributed by atoms with van der Waals surface area (Å²) in [5, 5.41) is 3.34. The summed E-state index contributed by atoms with van der Waals surface area (Å²) in [6, 6.07) is 13.2. The molecule has 0 bridgehead atoms. The van der Waals surface area contributed by atoms with E-state index in [4.69, 9.17) is 9.47 Å². The molecule has 2 aromatic rings. The predicted octanol–water partition coefficient (Wildman–Crippen LogP) is 2.92. The summed E-state index contributed by atoms with van der Waals surface area (Å²) < 4.78 is 36.8. The molecule has 0 spiro atoms. The van der Waals surface area contributed by atoms with Crippen LogP contribution < -0.4 is 14.5 Å². The van der Waals surface area contributed by atoms with Gasteiger partial charge >= 0.3 is 5.97 Å². The van der Waals surface area contributed by atoms with Crippen molar-refractivity contribution in [3.05, 3.63) is 53.6 Å². The number of aromatic nitrogens is 1. The van der Waals surface area contributed by atoms with Crippen LogP contribution >= 0.6 is 0 Å². The Hall–Kier alpha value is -2.69. The van der Waals surface area contributed by atoms with Crippen molar-refractivity contribution in [3.63, 3.8) is 0 Å². The molecule has 1 aromatic heterocycles. The molecule has 1 aliphatic carbocycles. The first-order valence-electron chi connectivity index (χ1n) is 12.9. The van der Waals surface area contributed by atoms with Crippen molar-refractivity contribution >= 4 is 27.6 Å². The molecule has 2 aliphatic rings. The van der Waals surface area contributed by atoms with Gasteiger partial charge in [-0.05, 0) is 61.4 Å². The van der Waals surface area contributed by atoms with Gasteiger partial charge in [0, 0.05) is 33.2 Å². The van der Waals surface area contributed by atoms with Gasteiger partial charge in [-0.3, -0.25) is 9.10 Å². The number of piperidine rings is 1. The highest BCUT2D eigenvalue weighted by Crippen LogP contribution is 2.32. The van der Waals surface area contributed by atoms with Crippen LogP contribution in [0.15, 0.2) is 42.5 Å². The number of benzene rings is 1. The number of hydrogen-bond acceptors (Lipinski definition) is 8. The number of rotatable bonds is 12. The third-order valence-corrected chi connectivity index (χ3v) is 8.25. The van der Waals surface area contributed by atoms with Crippen LogP contribution in [0.5, 0.6) is 0 Å². The highest BCUT2D eigenvalue weighted by atomic mass is 32.2. The number of anilines is 2. The lowest BCUT2D eigenvalue weighted by Gasteiger charge is -2.31. The van der Waals surface area contributed by atoms with E-state index in [1.54, 1.807) is 13.2 Å². The molecule has 0 amide bonds. The summed E-state index contributed by atoms with van der Waals surface area (Å²) in [5.74, 6) is 1.29. The maximum atomic E-state index is 13.2. The first-order valence-corrected chi connectivity index (χ1v) is 14.7. The van der Waals surface area contributed by atoms with Crippen molar-refractivity contribution < 1.29 is 22.7 Å². The Bertz CT molecular complexity index is 1160. The van der Waals surface area contributed by atoms with Crippen molar-refractivity contribution in [1.29, 1.82) is 0 Å². The van der Waals surface area contributed by atoms with Crippen molar-refractivity contribution in [2.24, 2.45) is 5.92 Å². The Morgan fingerprint density at radius 3 is 2.54 bits per heavy atom. The molecule has 37 heavy (non-hydrogen) atoms. The standard InChI is InChI=1S/C27H38N4O5S/c1-30(37(3,33)34)24-16-21(17-25(29-24)31(14-15-35-2)18-20-11-12-20)19-36-27(32)26-23(10-7-13-28-26)22-8-5-4-6-9-22/h4-6,8-9,16-17,20,23,26,28H,7,10-15,18-19H2,1-3H3. The van der Waals surface area contributed by atoms with E-state index in [-0.39, 0.29) is 18.5 Å². The number of sulfonamides is 1. The first-order chi connectivity index (χ1) is 17.8. The number of carbonyl (C=O) groups is 1. The van der Waals surface area contributed by atoms with Gasteiger partial charge in [0.1, 0.15) is 24.3 Å². The van der Waals surface area contributed by atoms with Crippen LogP contribution in [0.1, 0.15) is 42.7 Å². The summed E-state index contributed by atoms with van der Waals surface area (Å²) in [5.41, 5.74) is 1.81. The van der Waals surface area contributed by atoms with Crippen LogP contribution in [-0.4, -0.2) is 72.1 Å². The molecule has 2 heterocycles. The average Bonchev–Trinajstić information content (AvgIpc) is 3.73. The maximum Gasteiger partial charge on any atom is 0.324 e. The highest BCUT2D eigenvalue weighted by Gasteiger charge is 2.33. The van der Waals surface area contributed by atoms with Gasteiger partial charge in [-0.15, -0.1) is 0 Å². The molecule has 2 atom stereocenters. The van der Waals surface area contributed by atoms with Gasteiger partial charge in [0.05, 0.1) is 12.9 Å². The van der Waals surface area contributed by atoms with Gasteiger partial charge in [0.25, 0.3) is 0 Å². The third kappa shape index (κ3) is 7.43. The van der Waals surface area contributed by atoms with Crippen LogP contribution in [0.2, 0.25) is 0 Å². The second-order valence-corrected chi connectivity index (χ2v) is 12.0. The first kappa shape index (κ1) is 27.3. The molecule has 1 aromatic carbocycles. The molecular weight excluding hydrogens is 492 g/mol. The van der Waals surface area contributed by atoms with E-state index in [1.165, 1.54) is 19.9 Å². The number of nitrogens with one attached hydrogen (secondary N) is 1. The minimum atomic E-state index is -3.52. The van der Waals surface area contributed by atoms with Gasteiger partial charge in [-0.25, -0.2) is 13.4 Å². The molecule has 1 saturated heterocycles. The summed E-state index contributed by atoms with van der Waals surface area (Å²) in [7, 11) is -0.383. The molecule has 202 valence electrons. The van der Waals surface area contributed by atoms with Crippen LogP contribution in [0.25, 0.3) is 0 Å². The summed E-state index contributed by atoms with van der Waals surface area (Å²) in [6.07, 6.45) is 5.40. The molecule has 4 rings (SSSR count). The monoisotopic (exact) mass is 530 g/mol. The van der Waals surface area contributed by atoms with E-state index in [2.05, 4.69) is 27.3 Å². The van der Waals surface area contributed by atoms with Crippen molar-refractivity contribution in [2.45, 2.75) is 44.2 Å². The molecule has 2 unspecified atom stereocenters. The Labute approximate surface area is 220 Å². The Morgan fingerprint density at radius 1 is 1.14 bits per heavy atom. The number of hydrogen-bond donors (Lipinski definition) is 1. The Morgan fingerprint density at radius 2 is 1.86 bits per heavy atom. The van der Waals surface area contributed by atoms with E-state index >= 15 is 0 Å². The van der Waals surface area contributed by atoms with Crippen LogP contribution in [-0.2, 0) is 30.9 Å². The van der Waals surface area contributed by atoms with Crippen LogP contribution in [0.3, 0.4) is 0 Å². The second kappa shape index (κ2) is 12.2. The van der Waals surface area contributed by atoms with Crippen LogP contribution in [0.4, 0.5) is 11.6 Å². The van der Waals surface area contributed by atoms with E-state index in [1.807, 2.05) is 24.3 Å². The quantitative estimate of drug-likeness (QED) is 0.418. The molecule has 9 nitrogen and oxygen atoms in total. The molecule has 1 aliphatic heterocycles. The number of ether oxygens (including phenoxy) is 2. The topological polar surface area (TPSA) is 101 Å². The largest absolute Gasteiger partial charge is 0.460 e. The van der Waals surface area contributed by atoms with E-state index in [9.17, 15) is 13.2 Å². The number of esters is 1. The molecular formula is C27H38N4O5S. The number of pyridine rings is 1. The summed E-state index contributed by atoms with van der Waals surface area (Å²) in [4.78, 5) is 20.0. The van der Waals surface area contributed by atoms with Crippen molar-refractivity contribution in [1.82, 2.24) is 10.3 Å². The zero-order chi connectivity index (χ0) is 26.4. The van der Waals surface area contributed by atoms with Gasteiger partial charge in [0.15, 0.2) is 0 Å². The van der Waals surface area contributed by atoms with Gasteiger partial charge in [-0.2, -0.15) is 0 Å². The predicted molar refractivity (Wildman–Crippen MR) is 144 cm³/mol. The molecule has 2 fully saturated rings. The zero-order valence-electron chi connectivity index (χ0n) is 21.9. The van der Waals surface area contributed by atoms with Crippen molar-refractivity contribution in [3.8, 4) is 0 Å². The minimum absolute atomic E-state index is 0.0280. The van der Waals surface area contributed by atoms with Gasteiger partial charge < -0.3 is 19.7 Å². The van der Waals surface area contributed by atoms with Crippen molar-refractivity contribution in [2.75, 3.05) is 55.9 Å². The lowest BCUT2D eigenvalue weighted by molar-refractivity contribution is -0.148. The number of nitrogens with zero attached hydrogens (tertiary/aromatic N) is 3. The SMILES string of the molecule is COCCN(CC1CC1)c1cc(COC(=O)C2NCCCC2c2ccccc2)cc(N(C)S(C)(=O)=O)n1. The molecule has 10 heteroatoms. The summed E-state index contributed by atoms with van der Waals surface area (Å²) in [6.45, 7) is 2.78. The van der Waals surface area contributed by atoms with E-state index in [0.717, 1.165) is 42.1 Å². The number of carbonyl (C=O) groups excluding carboxylic acids is 1. The third-order valence-electron chi connectivity index (χ3n) is 7.06. The fraction of sp³-hybridized carbons (Fsp3) is 0.556. The maximum absolute atomic E-state index is 13.2. The Balaban J connectivity index is 1.55. The van der Waals surface area contributed by atoms with Gasteiger partial charge in [0.2, 0.25) is 10.0 Å².